The first kappa shape index (κ1) is 21.6. The first-order chi connectivity index (χ1) is 15.6. The molecule has 0 aliphatic heterocycles. The molecule has 0 amide bonds. The number of para-hydroxylation sites is 1. The summed E-state index contributed by atoms with van der Waals surface area (Å²) in [5.74, 6) is 0.613. The molecule has 160 valence electrons. The molecule has 0 saturated heterocycles. The fraction of sp³-hybridized carbons (Fsp3) is 0.161. The molecule has 0 N–H and O–H groups in total. The Balaban J connectivity index is 1.56. The van der Waals surface area contributed by atoms with E-state index in [1.165, 1.54) is 28.7 Å². The maximum absolute atomic E-state index is 2.29. The minimum Gasteiger partial charge on any atom is -0.311 e. The minimum atomic E-state index is 0.613. The molecule has 1 unspecified atom stereocenters. The van der Waals surface area contributed by atoms with Crippen LogP contribution in [0.5, 0.6) is 0 Å². The van der Waals surface area contributed by atoms with Gasteiger partial charge >= 0.3 is 0 Å². The van der Waals surface area contributed by atoms with Gasteiger partial charge in [-0.1, -0.05) is 98.3 Å². The van der Waals surface area contributed by atoms with Crippen molar-refractivity contribution in [2.75, 3.05) is 4.90 Å². The lowest BCUT2D eigenvalue weighted by Gasteiger charge is -2.25. The van der Waals surface area contributed by atoms with Crippen molar-refractivity contribution in [2.45, 2.75) is 33.1 Å². The fourth-order valence-electron chi connectivity index (χ4n) is 3.82. The zero-order valence-corrected chi connectivity index (χ0v) is 19.2. The molecule has 0 spiro atoms. The van der Waals surface area contributed by atoms with Crippen LogP contribution in [0.25, 0.3) is 12.2 Å². The molecule has 0 heterocycles. The molecule has 0 aromatic heterocycles. The summed E-state index contributed by atoms with van der Waals surface area (Å²) in [6.45, 7) is 6.64. The molecule has 4 aromatic rings. The van der Waals surface area contributed by atoms with Crippen LogP contribution in [0.1, 0.15) is 48.4 Å². The highest BCUT2D eigenvalue weighted by Gasteiger charge is 2.11. The summed E-state index contributed by atoms with van der Waals surface area (Å²) in [7, 11) is 0. The van der Waals surface area contributed by atoms with E-state index in [1.54, 1.807) is 0 Å². The van der Waals surface area contributed by atoms with Crippen LogP contribution in [0.3, 0.4) is 0 Å². The van der Waals surface area contributed by atoms with Gasteiger partial charge in [-0.25, -0.2) is 0 Å². The van der Waals surface area contributed by atoms with Gasteiger partial charge in [0.25, 0.3) is 0 Å². The van der Waals surface area contributed by atoms with Gasteiger partial charge in [-0.05, 0) is 72.4 Å². The standard InChI is InChI=1S/C31H31N/c1-4-25(3)28-18-14-26(15-19-28)12-13-27-16-22-31(23-17-27)32(29-8-6-5-7-9-29)30-20-10-24(2)11-21-30/h5-23,25H,4H2,1-3H3. The van der Waals surface area contributed by atoms with E-state index in [1.807, 2.05) is 0 Å². The van der Waals surface area contributed by atoms with Crippen LogP contribution in [0, 0.1) is 6.92 Å². The van der Waals surface area contributed by atoms with Gasteiger partial charge in [0.1, 0.15) is 0 Å². The molecule has 1 atom stereocenters. The predicted molar refractivity (Wildman–Crippen MR) is 140 cm³/mol. The zero-order chi connectivity index (χ0) is 22.3. The van der Waals surface area contributed by atoms with Crippen molar-refractivity contribution in [3.05, 3.63) is 125 Å². The van der Waals surface area contributed by atoms with Crippen molar-refractivity contribution < 1.29 is 0 Å². The van der Waals surface area contributed by atoms with Crippen LogP contribution in [0.2, 0.25) is 0 Å². The van der Waals surface area contributed by atoms with E-state index in [9.17, 15) is 0 Å². The van der Waals surface area contributed by atoms with Gasteiger partial charge in [0.15, 0.2) is 0 Å². The van der Waals surface area contributed by atoms with Crippen molar-refractivity contribution in [3.8, 4) is 0 Å². The molecule has 0 aliphatic rings. The largest absolute Gasteiger partial charge is 0.311 e. The molecular weight excluding hydrogens is 386 g/mol. The Morgan fingerprint density at radius 3 is 1.62 bits per heavy atom. The number of benzene rings is 4. The van der Waals surface area contributed by atoms with E-state index >= 15 is 0 Å². The van der Waals surface area contributed by atoms with Gasteiger partial charge < -0.3 is 4.90 Å². The van der Waals surface area contributed by atoms with E-state index in [4.69, 9.17) is 0 Å². The molecule has 32 heavy (non-hydrogen) atoms. The number of aryl methyl sites for hydroxylation is 1. The topological polar surface area (TPSA) is 3.24 Å². The van der Waals surface area contributed by atoms with Gasteiger partial charge in [0.2, 0.25) is 0 Å². The van der Waals surface area contributed by atoms with Gasteiger partial charge in [-0.2, -0.15) is 0 Å². The number of hydrogen-bond acceptors (Lipinski definition) is 1. The van der Waals surface area contributed by atoms with Gasteiger partial charge in [0, 0.05) is 17.1 Å². The Bertz CT molecular complexity index is 1140. The van der Waals surface area contributed by atoms with Crippen molar-refractivity contribution >= 4 is 29.2 Å². The van der Waals surface area contributed by atoms with Gasteiger partial charge in [-0.3, -0.25) is 0 Å². The Hall–Kier alpha value is -3.58. The second kappa shape index (κ2) is 10.2. The van der Waals surface area contributed by atoms with Crippen LogP contribution < -0.4 is 4.90 Å². The Morgan fingerprint density at radius 1 is 0.625 bits per heavy atom. The van der Waals surface area contributed by atoms with E-state index in [0.29, 0.717) is 5.92 Å². The third kappa shape index (κ3) is 5.18. The Labute approximate surface area is 192 Å². The third-order valence-corrected chi connectivity index (χ3v) is 6.04. The minimum absolute atomic E-state index is 0.613. The van der Waals surface area contributed by atoms with Crippen molar-refractivity contribution in [2.24, 2.45) is 0 Å². The highest BCUT2D eigenvalue weighted by Crippen LogP contribution is 2.34. The first-order valence-electron chi connectivity index (χ1n) is 11.4. The summed E-state index contributed by atoms with van der Waals surface area (Å²) in [4.78, 5) is 2.29. The number of anilines is 3. The monoisotopic (exact) mass is 417 g/mol. The van der Waals surface area contributed by atoms with Gasteiger partial charge in [-0.15, -0.1) is 0 Å². The number of nitrogens with zero attached hydrogens (tertiary/aromatic N) is 1. The maximum atomic E-state index is 2.29. The van der Waals surface area contributed by atoms with Crippen molar-refractivity contribution in [1.82, 2.24) is 0 Å². The summed E-state index contributed by atoms with van der Waals surface area (Å²) >= 11 is 0. The molecule has 1 heteroatoms. The molecule has 4 aromatic carbocycles. The molecule has 0 bridgehead atoms. The van der Waals surface area contributed by atoms with Crippen LogP contribution in [-0.4, -0.2) is 0 Å². The smallest absolute Gasteiger partial charge is 0.0462 e. The third-order valence-electron chi connectivity index (χ3n) is 6.04. The first-order valence-corrected chi connectivity index (χ1v) is 11.4. The van der Waals surface area contributed by atoms with Gasteiger partial charge in [0.05, 0.1) is 0 Å². The summed E-state index contributed by atoms with van der Waals surface area (Å²) in [5, 5.41) is 0. The maximum Gasteiger partial charge on any atom is 0.0462 e. The summed E-state index contributed by atoms with van der Waals surface area (Å²) in [6, 6.07) is 36.9. The van der Waals surface area contributed by atoms with Crippen LogP contribution in [0.4, 0.5) is 17.1 Å². The van der Waals surface area contributed by atoms with Crippen LogP contribution >= 0.6 is 0 Å². The molecule has 0 aliphatic carbocycles. The SMILES string of the molecule is CCC(C)c1ccc(C=Cc2ccc(N(c3ccccc3)c3ccc(C)cc3)cc2)cc1. The molecule has 0 fully saturated rings. The Morgan fingerprint density at radius 2 is 1.09 bits per heavy atom. The Kier molecular flexibility index (Phi) is 6.87. The van der Waals surface area contributed by atoms with Crippen LogP contribution in [-0.2, 0) is 0 Å². The van der Waals surface area contributed by atoms with E-state index in [0.717, 1.165) is 17.1 Å². The summed E-state index contributed by atoms with van der Waals surface area (Å²) in [5.41, 5.74) is 8.55. The van der Waals surface area contributed by atoms with Crippen molar-refractivity contribution in [3.63, 3.8) is 0 Å². The highest BCUT2D eigenvalue weighted by atomic mass is 15.1. The summed E-state index contributed by atoms with van der Waals surface area (Å²) in [6.07, 6.45) is 5.54. The second-order valence-corrected chi connectivity index (χ2v) is 8.41. The lowest BCUT2D eigenvalue weighted by atomic mass is 9.97. The fourth-order valence-corrected chi connectivity index (χ4v) is 3.82. The number of rotatable bonds is 7. The van der Waals surface area contributed by atoms with E-state index < -0.39 is 0 Å². The second-order valence-electron chi connectivity index (χ2n) is 8.41. The van der Waals surface area contributed by atoms with Crippen LogP contribution in [0.15, 0.2) is 103 Å². The van der Waals surface area contributed by atoms with E-state index in [-0.39, 0.29) is 0 Å². The lowest BCUT2D eigenvalue weighted by molar-refractivity contribution is 0.733. The average Bonchev–Trinajstić information content (AvgIpc) is 2.85. The molecule has 0 radical (unpaired) electrons. The lowest BCUT2D eigenvalue weighted by Crippen LogP contribution is -2.09. The zero-order valence-electron chi connectivity index (χ0n) is 19.2. The number of hydrogen-bond donors (Lipinski definition) is 0. The average molecular weight is 418 g/mol. The van der Waals surface area contributed by atoms with Crippen molar-refractivity contribution in [1.29, 1.82) is 0 Å². The molecule has 0 saturated carbocycles. The normalized spacial score (nSPS) is 12.1. The molecular formula is C31H31N. The quantitative estimate of drug-likeness (QED) is 0.271. The highest BCUT2D eigenvalue weighted by molar-refractivity contribution is 5.78. The predicted octanol–water partition coefficient (Wildman–Crippen LogP) is 9.15. The summed E-state index contributed by atoms with van der Waals surface area (Å²) < 4.78 is 0. The van der Waals surface area contributed by atoms with E-state index in [2.05, 4.69) is 141 Å². The molecule has 1 nitrogen and oxygen atoms in total. The molecule has 4 rings (SSSR count).